The van der Waals surface area contributed by atoms with Crippen LogP contribution in [0.2, 0.25) is 0 Å². The smallest absolute Gasteiger partial charge is 0.373 e. The zero-order valence-electron chi connectivity index (χ0n) is 36.5. The number of pyridine rings is 2. The quantitative estimate of drug-likeness (QED) is 0.143. The first-order chi connectivity index (χ1) is 31.8. The lowest BCUT2D eigenvalue weighted by atomic mass is 9.78. The molecule has 2 aromatic heterocycles. The van der Waals surface area contributed by atoms with Crippen molar-refractivity contribution >= 4 is 0 Å². The topological polar surface area (TPSA) is 44.2 Å². The van der Waals surface area contributed by atoms with Gasteiger partial charge in [0.05, 0.1) is 47.2 Å². The standard InChI is InChI=1S/C26H22F7NO.C25H21F6NO/c1-14-3-8-21-22(34-14)9-10-23(24(21)16-4-6-20(27)7-5-16)35-15(2)17-11-18(25(28,29)30)13-19(12-17)26(31,32)33;1-15-7-8-20-21(32-15)9-10-22(23(20)17-5-3-2-4-6-17)33-14-16-11-18(24(26,27)28)13-19(12-16)25(29,30)31/h3-8,11-13,15,23-24H,9-10H2,1-2H3;2-8,11-13,22-23H,9-10,14H2,1H3/t15-,23-,24-;22-,23-/m00/s1. The molecule has 2 aliphatic carbocycles. The lowest BCUT2D eigenvalue weighted by Gasteiger charge is -2.35. The average molecular weight is 963 g/mol. The maximum Gasteiger partial charge on any atom is 0.416 e. The van der Waals surface area contributed by atoms with Crippen LogP contribution in [-0.2, 0) is 53.6 Å². The first-order valence-corrected chi connectivity index (χ1v) is 21.4. The van der Waals surface area contributed by atoms with Crippen LogP contribution in [0.25, 0.3) is 0 Å². The highest BCUT2D eigenvalue weighted by atomic mass is 19.4. The van der Waals surface area contributed by atoms with E-state index in [4.69, 9.17) is 9.47 Å². The summed E-state index contributed by atoms with van der Waals surface area (Å²) in [4.78, 5) is 9.19. The largest absolute Gasteiger partial charge is 0.416 e. The number of benzene rings is 4. The van der Waals surface area contributed by atoms with Gasteiger partial charge in [-0.05, 0) is 140 Å². The van der Waals surface area contributed by atoms with Crippen molar-refractivity contribution in [3.8, 4) is 0 Å². The minimum absolute atomic E-state index is 0.0996. The SMILES string of the molecule is Cc1ccc2c(n1)CC[C@H](OCc1cc(C(F)(F)F)cc(C(F)(F)F)c1)[C@H]2c1ccccc1.Cc1ccc2c(n1)CC[C@H](O[C@@H](C)c1cc(C(F)(F)F)cc(C(F)(F)F)c1)[C@H]2c1ccc(F)cc1. The normalized spacial score (nSPS) is 19.1. The van der Waals surface area contributed by atoms with E-state index in [1.54, 1.807) is 12.1 Å². The summed E-state index contributed by atoms with van der Waals surface area (Å²) < 4.78 is 185. The van der Waals surface area contributed by atoms with Crippen LogP contribution in [0.15, 0.2) is 115 Å². The van der Waals surface area contributed by atoms with E-state index in [1.165, 1.54) is 19.1 Å². The second kappa shape index (κ2) is 19.7. The van der Waals surface area contributed by atoms with E-state index >= 15 is 0 Å². The Kier molecular flexibility index (Phi) is 14.5. The lowest BCUT2D eigenvalue weighted by molar-refractivity contribution is -0.145. The van der Waals surface area contributed by atoms with Crippen LogP contribution in [0.1, 0.15) is 116 Å². The van der Waals surface area contributed by atoms with Gasteiger partial charge in [-0.15, -0.1) is 0 Å². The summed E-state index contributed by atoms with van der Waals surface area (Å²) in [6.45, 7) is 4.81. The summed E-state index contributed by atoms with van der Waals surface area (Å²) in [6, 6.07) is 25.9. The van der Waals surface area contributed by atoms with E-state index in [2.05, 4.69) is 9.97 Å². The number of hydrogen-bond acceptors (Lipinski definition) is 4. The molecule has 360 valence electrons. The predicted octanol–water partition coefficient (Wildman–Crippen LogP) is 14.9. The number of rotatable bonds is 8. The van der Waals surface area contributed by atoms with Crippen molar-refractivity contribution in [3.05, 3.63) is 199 Å². The zero-order chi connectivity index (χ0) is 49.3. The molecule has 2 aliphatic rings. The highest BCUT2D eigenvalue weighted by Gasteiger charge is 2.40. The molecule has 0 N–H and O–H groups in total. The number of nitrogens with zero attached hydrogens (tertiary/aromatic N) is 2. The first-order valence-electron chi connectivity index (χ1n) is 21.4. The molecule has 17 heteroatoms. The van der Waals surface area contributed by atoms with Crippen molar-refractivity contribution in [2.24, 2.45) is 0 Å². The number of halogens is 13. The van der Waals surface area contributed by atoms with Gasteiger partial charge in [-0.1, -0.05) is 54.6 Å². The van der Waals surface area contributed by atoms with Crippen LogP contribution in [0.3, 0.4) is 0 Å². The molecule has 4 aromatic carbocycles. The van der Waals surface area contributed by atoms with Gasteiger partial charge in [0.15, 0.2) is 0 Å². The van der Waals surface area contributed by atoms with Gasteiger partial charge in [-0.2, -0.15) is 52.7 Å². The third kappa shape index (κ3) is 11.9. The van der Waals surface area contributed by atoms with Gasteiger partial charge < -0.3 is 9.47 Å². The summed E-state index contributed by atoms with van der Waals surface area (Å²) in [6.07, 6.45) is -19.6. The molecule has 0 saturated heterocycles. The maximum absolute atomic E-state index is 13.6. The molecule has 5 atom stereocenters. The number of ether oxygens (including phenoxy) is 2. The van der Waals surface area contributed by atoms with Gasteiger partial charge in [-0.25, -0.2) is 4.39 Å². The predicted molar refractivity (Wildman–Crippen MR) is 226 cm³/mol. The van der Waals surface area contributed by atoms with Gasteiger partial charge in [0.2, 0.25) is 0 Å². The van der Waals surface area contributed by atoms with Crippen LogP contribution < -0.4 is 0 Å². The van der Waals surface area contributed by atoms with Crippen molar-refractivity contribution in [2.75, 3.05) is 0 Å². The van der Waals surface area contributed by atoms with Gasteiger partial charge >= 0.3 is 24.7 Å². The number of aromatic nitrogens is 2. The molecule has 0 bridgehead atoms. The van der Waals surface area contributed by atoms with Crippen LogP contribution in [0.4, 0.5) is 57.1 Å². The number of aryl methyl sites for hydroxylation is 4. The Morgan fingerprint density at radius 2 is 0.956 bits per heavy atom. The zero-order valence-corrected chi connectivity index (χ0v) is 36.5. The third-order valence-corrected chi connectivity index (χ3v) is 12.0. The molecule has 0 unspecified atom stereocenters. The van der Waals surface area contributed by atoms with E-state index in [-0.39, 0.29) is 35.8 Å². The minimum atomic E-state index is -4.94. The van der Waals surface area contributed by atoms with Gasteiger partial charge in [-0.3, -0.25) is 9.97 Å². The van der Waals surface area contributed by atoms with Crippen molar-refractivity contribution < 1.29 is 66.5 Å². The van der Waals surface area contributed by atoms with E-state index in [0.29, 0.717) is 49.9 Å². The number of hydrogen-bond donors (Lipinski definition) is 0. The first kappa shape index (κ1) is 50.1. The van der Waals surface area contributed by atoms with Crippen molar-refractivity contribution in [1.29, 1.82) is 0 Å². The van der Waals surface area contributed by atoms with Crippen LogP contribution >= 0.6 is 0 Å². The van der Waals surface area contributed by atoms with Crippen molar-refractivity contribution in [3.63, 3.8) is 0 Å². The molecule has 2 heterocycles. The van der Waals surface area contributed by atoms with E-state index in [0.717, 1.165) is 45.0 Å². The van der Waals surface area contributed by atoms with E-state index in [1.807, 2.05) is 68.4 Å². The fourth-order valence-corrected chi connectivity index (χ4v) is 8.81. The monoisotopic (exact) mass is 962 g/mol. The second-order valence-corrected chi connectivity index (χ2v) is 16.9. The molecular formula is C51H43F13N2O2. The fraction of sp³-hybridized carbons (Fsp3) is 0.333. The lowest BCUT2D eigenvalue weighted by Crippen LogP contribution is -2.31. The Morgan fingerprint density at radius 1 is 0.529 bits per heavy atom. The van der Waals surface area contributed by atoms with Gasteiger partial charge in [0.1, 0.15) is 5.82 Å². The molecule has 0 amide bonds. The molecule has 4 nitrogen and oxygen atoms in total. The molecule has 0 saturated carbocycles. The highest BCUT2D eigenvalue weighted by molar-refractivity contribution is 5.42. The molecule has 0 spiro atoms. The van der Waals surface area contributed by atoms with Crippen molar-refractivity contribution in [2.45, 2.75) is 108 Å². The molecule has 68 heavy (non-hydrogen) atoms. The van der Waals surface area contributed by atoms with Gasteiger partial charge in [0.25, 0.3) is 0 Å². The summed E-state index contributed by atoms with van der Waals surface area (Å²) in [7, 11) is 0. The third-order valence-electron chi connectivity index (χ3n) is 12.0. The summed E-state index contributed by atoms with van der Waals surface area (Å²) in [5.41, 5.74) is 1.08. The minimum Gasteiger partial charge on any atom is -0.373 e. The highest BCUT2D eigenvalue weighted by Crippen LogP contribution is 2.44. The molecule has 6 aromatic rings. The molecule has 0 radical (unpaired) electrons. The Morgan fingerprint density at radius 3 is 1.43 bits per heavy atom. The van der Waals surface area contributed by atoms with Crippen LogP contribution in [-0.4, -0.2) is 22.2 Å². The van der Waals surface area contributed by atoms with Gasteiger partial charge in [0, 0.05) is 34.6 Å². The van der Waals surface area contributed by atoms with E-state index in [9.17, 15) is 57.1 Å². The summed E-state index contributed by atoms with van der Waals surface area (Å²) >= 11 is 0. The second-order valence-electron chi connectivity index (χ2n) is 16.9. The Balaban J connectivity index is 0.000000202. The maximum atomic E-state index is 13.6. The average Bonchev–Trinajstić information content (AvgIpc) is 3.27. The Hall–Kier alpha value is -5.81. The summed E-state index contributed by atoms with van der Waals surface area (Å²) in [5, 5.41) is 0. The van der Waals surface area contributed by atoms with E-state index < -0.39 is 77.0 Å². The molecule has 8 rings (SSSR count). The Labute approximate surface area is 383 Å². The molecular weight excluding hydrogens is 920 g/mol. The van der Waals surface area contributed by atoms with Crippen molar-refractivity contribution in [1.82, 2.24) is 9.97 Å². The summed E-state index contributed by atoms with van der Waals surface area (Å²) in [5.74, 6) is -1.07. The number of alkyl halides is 12. The Bertz CT molecular complexity index is 2630. The number of fused-ring (bicyclic) bond motifs is 2. The molecule has 0 aliphatic heterocycles. The van der Waals surface area contributed by atoms with Crippen LogP contribution in [0, 0.1) is 19.7 Å². The van der Waals surface area contributed by atoms with Crippen LogP contribution in [0.5, 0.6) is 0 Å². The molecule has 0 fully saturated rings. The fourth-order valence-electron chi connectivity index (χ4n) is 8.81.